The lowest BCUT2D eigenvalue weighted by molar-refractivity contribution is -0.0586. The molecule has 0 aliphatic heterocycles. The Hall–Kier alpha value is -1.91. The van der Waals surface area contributed by atoms with Crippen molar-refractivity contribution in [1.82, 2.24) is 0 Å². The fraction of sp³-hybridized carbons (Fsp3) is 0.310. The summed E-state index contributed by atoms with van der Waals surface area (Å²) in [4.78, 5) is 0. The van der Waals surface area contributed by atoms with E-state index in [2.05, 4.69) is 131 Å². The first-order chi connectivity index (χ1) is 15.2. The van der Waals surface area contributed by atoms with E-state index in [0.29, 0.717) is 5.92 Å². The zero-order valence-corrected chi connectivity index (χ0v) is 20.3. The summed E-state index contributed by atoms with van der Waals surface area (Å²) in [7, 11) is 0. The maximum Gasteiger partial charge on any atom is 0.144 e. The Balaban J connectivity index is 1.87. The van der Waals surface area contributed by atoms with Gasteiger partial charge in [0.15, 0.2) is 0 Å². The molecule has 1 saturated carbocycles. The van der Waals surface area contributed by atoms with Gasteiger partial charge < -0.3 is 4.74 Å². The largest absolute Gasteiger partial charge is 0.353 e. The van der Waals surface area contributed by atoms with E-state index in [-0.39, 0.29) is 6.10 Å². The highest BCUT2D eigenvalue weighted by atomic mass is 127. The maximum absolute atomic E-state index is 7.32. The van der Waals surface area contributed by atoms with Crippen LogP contribution in [-0.4, -0.2) is 6.10 Å². The molecule has 1 atom stereocenters. The van der Waals surface area contributed by atoms with Gasteiger partial charge in [-0.05, 0) is 51.5 Å². The molecule has 0 amide bonds. The number of hydrogen-bond acceptors (Lipinski definition) is 1. The van der Waals surface area contributed by atoms with Crippen LogP contribution in [0.4, 0.5) is 0 Å². The average molecular weight is 522 g/mol. The standard InChI is InChI=1S/C29H31IO/c1-23-17-19-24(20-18-23)28(21-22-30)31-29(25-11-5-2-6-12-25,26-13-7-3-8-14-26)27-15-9-4-10-16-27/h2-16,21-24,28H,17-20H2,1H3. The lowest BCUT2D eigenvalue weighted by atomic mass is 9.77. The summed E-state index contributed by atoms with van der Waals surface area (Å²) in [5.41, 5.74) is 2.85. The number of hydrogen-bond donors (Lipinski definition) is 0. The zero-order valence-electron chi connectivity index (χ0n) is 18.2. The highest BCUT2D eigenvalue weighted by Crippen LogP contribution is 2.44. The fourth-order valence-corrected chi connectivity index (χ4v) is 5.31. The van der Waals surface area contributed by atoms with Crippen molar-refractivity contribution in [3.8, 4) is 0 Å². The average Bonchev–Trinajstić information content (AvgIpc) is 2.84. The van der Waals surface area contributed by atoms with E-state index in [4.69, 9.17) is 4.74 Å². The monoisotopic (exact) mass is 522 g/mol. The quantitative estimate of drug-likeness (QED) is 0.225. The van der Waals surface area contributed by atoms with Crippen molar-refractivity contribution in [3.05, 3.63) is 118 Å². The molecular weight excluding hydrogens is 491 g/mol. The number of ether oxygens (including phenoxy) is 1. The second-order valence-electron chi connectivity index (χ2n) is 8.70. The van der Waals surface area contributed by atoms with Crippen LogP contribution >= 0.6 is 22.6 Å². The Labute approximate surface area is 200 Å². The summed E-state index contributed by atoms with van der Waals surface area (Å²) in [6, 6.07) is 32.1. The van der Waals surface area contributed by atoms with Crippen LogP contribution in [0.2, 0.25) is 0 Å². The molecule has 1 unspecified atom stereocenters. The highest BCUT2D eigenvalue weighted by molar-refractivity contribution is 14.1. The lowest BCUT2D eigenvalue weighted by Crippen LogP contribution is -2.39. The van der Waals surface area contributed by atoms with Crippen molar-refractivity contribution in [3.63, 3.8) is 0 Å². The van der Waals surface area contributed by atoms with Crippen LogP contribution in [0.5, 0.6) is 0 Å². The Bertz CT molecular complexity index is 847. The number of rotatable bonds is 7. The summed E-state index contributed by atoms with van der Waals surface area (Å²) in [6.45, 7) is 2.38. The summed E-state index contributed by atoms with van der Waals surface area (Å²) < 4.78 is 9.45. The van der Waals surface area contributed by atoms with Crippen LogP contribution in [0.1, 0.15) is 49.3 Å². The molecule has 1 nitrogen and oxygen atoms in total. The van der Waals surface area contributed by atoms with Gasteiger partial charge in [-0.3, -0.25) is 0 Å². The van der Waals surface area contributed by atoms with Crippen molar-refractivity contribution in [1.29, 1.82) is 0 Å². The van der Waals surface area contributed by atoms with Crippen LogP contribution in [-0.2, 0) is 10.3 Å². The lowest BCUT2D eigenvalue weighted by Gasteiger charge is -2.41. The molecule has 0 aromatic heterocycles. The Kier molecular flexibility index (Phi) is 7.62. The molecule has 0 spiro atoms. The molecule has 0 N–H and O–H groups in total. The van der Waals surface area contributed by atoms with E-state index in [9.17, 15) is 0 Å². The molecule has 1 aliphatic carbocycles. The zero-order chi connectivity index (χ0) is 21.5. The van der Waals surface area contributed by atoms with Crippen LogP contribution in [0.15, 0.2) is 101 Å². The topological polar surface area (TPSA) is 9.23 Å². The molecule has 1 fully saturated rings. The van der Waals surface area contributed by atoms with Crippen molar-refractivity contribution in [2.24, 2.45) is 11.8 Å². The third kappa shape index (κ3) is 4.96. The van der Waals surface area contributed by atoms with Crippen molar-refractivity contribution < 1.29 is 4.74 Å². The molecule has 31 heavy (non-hydrogen) atoms. The molecule has 160 valence electrons. The Morgan fingerprint density at radius 3 is 1.55 bits per heavy atom. The van der Waals surface area contributed by atoms with Crippen molar-refractivity contribution in [2.45, 2.75) is 44.3 Å². The van der Waals surface area contributed by atoms with Crippen LogP contribution in [0, 0.1) is 11.8 Å². The van der Waals surface area contributed by atoms with E-state index in [1.165, 1.54) is 42.4 Å². The molecule has 4 rings (SSSR count). The molecule has 3 aromatic carbocycles. The van der Waals surface area contributed by atoms with Crippen molar-refractivity contribution >= 4 is 22.6 Å². The van der Waals surface area contributed by atoms with Gasteiger partial charge in [0, 0.05) is 0 Å². The minimum absolute atomic E-state index is 0.0602. The molecule has 0 radical (unpaired) electrons. The third-order valence-electron chi connectivity index (χ3n) is 6.64. The van der Waals surface area contributed by atoms with E-state index in [1.807, 2.05) is 0 Å². The third-order valence-corrected chi connectivity index (χ3v) is 7.06. The fourth-order valence-electron chi connectivity index (χ4n) is 4.91. The first-order valence-corrected chi connectivity index (χ1v) is 12.6. The summed E-state index contributed by atoms with van der Waals surface area (Å²) >= 11 is 2.34. The van der Waals surface area contributed by atoms with Gasteiger partial charge in [0.05, 0.1) is 6.10 Å². The molecular formula is C29H31IO. The Morgan fingerprint density at radius 1 is 0.742 bits per heavy atom. The van der Waals surface area contributed by atoms with Crippen molar-refractivity contribution in [2.75, 3.05) is 0 Å². The SMILES string of the molecule is CC1CCC(C(C=CI)OC(c2ccccc2)(c2ccccc2)c2ccccc2)CC1. The first-order valence-electron chi connectivity index (χ1n) is 11.4. The second-order valence-corrected chi connectivity index (χ2v) is 9.42. The first kappa shape index (κ1) is 22.3. The molecule has 2 heteroatoms. The predicted octanol–water partition coefficient (Wildman–Crippen LogP) is 8.14. The highest BCUT2D eigenvalue weighted by Gasteiger charge is 2.41. The molecule has 0 heterocycles. The minimum atomic E-state index is -0.659. The summed E-state index contributed by atoms with van der Waals surface area (Å²) in [5.74, 6) is 1.36. The van der Waals surface area contributed by atoms with Gasteiger partial charge in [-0.2, -0.15) is 0 Å². The van der Waals surface area contributed by atoms with Gasteiger partial charge in [-0.1, -0.05) is 133 Å². The number of benzene rings is 3. The van der Waals surface area contributed by atoms with E-state index in [0.717, 1.165) is 5.92 Å². The van der Waals surface area contributed by atoms with Gasteiger partial charge in [-0.15, -0.1) is 0 Å². The normalized spacial score (nSPS) is 20.6. The maximum atomic E-state index is 7.32. The van der Waals surface area contributed by atoms with Gasteiger partial charge in [0.25, 0.3) is 0 Å². The molecule has 3 aromatic rings. The Morgan fingerprint density at radius 2 is 1.16 bits per heavy atom. The molecule has 0 bridgehead atoms. The summed E-state index contributed by atoms with van der Waals surface area (Å²) in [6.07, 6.45) is 7.35. The van der Waals surface area contributed by atoms with Crippen LogP contribution < -0.4 is 0 Å². The van der Waals surface area contributed by atoms with Gasteiger partial charge in [0.1, 0.15) is 5.60 Å². The second kappa shape index (κ2) is 10.6. The number of halogens is 1. The molecule has 0 saturated heterocycles. The predicted molar refractivity (Wildman–Crippen MR) is 138 cm³/mol. The van der Waals surface area contributed by atoms with E-state index >= 15 is 0 Å². The van der Waals surface area contributed by atoms with Crippen LogP contribution in [0.3, 0.4) is 0 Å². The van der Waals surface area contributed by atoms with Gasteiger partial charge >= 0.3 is 0 Å². The minimum Gasteiger partial charge on any atom is -0.353 e. The van der Waals surface area contributed by atoms with Crippen LogP contribution in [0.25, 0.3) is 0 Å². The smallest absolute Gasteiger partial charge is 0.144 e. The van der Waals surface area contributed by atoms with E-state index in [1.54, 1.807) is 0 Å². The van der Waals surface area contributed by atoms with Gasteiger partial charge in [0.2, 0.25) is 0 Å². The van der Waals surface area contributed by atoms with Gasteiger partial charge in [-0.25, -0.2) is 0 Å². The van der Waals surface area contributed by atoms with E-state index < -0.39 is 5.60 Å². The summed E-state index contributed by atoms with van der Waals surface area (Å²) in [5, 5.41) is 0. The molecule has 1 aliphatic rings.